The summed E-state index contributed by atoms with van der Waals surface area (Å²) in [7, 11) is -3.03. The van der Waals surface area contributed by atoms with Crippen LogP contribution in [-0.2, 0) is 9.84 Å². The Kier molecular flexibility index (Phi) is 3.38. The van der Waals surface area contributed by atoms with E-state index in [4.69, 9.17) is 0 Å². The Morgan fingerprint density at radius 3 is 2.50 bits per heavy atom. The van der Waals surface area contributed by atoms with Crippen molar-refractivity contribution in [2.24, 2.45) is 0 Å². The van der Waals surface area contributed by atoms with Crippen molar-refractivity contribution in [1.29, 1.82) is 0 Å². The molecule has 3 fully saturated rings. The Balaban J connectivity index is 1.67. The van der Waals surface area contributed by atoms with E-state index in [1.54, 1.807) is 0 Å². The molecule has 3 atom stereocenters. The van der Waals surface area contributed by atoms with E-state index in [0.717, 1.165) is 19.6 Å². The van der Waals surface area contributed by atoms with Crippen LogP contribution in [0, 0.1) is 0 Å². The fraction of sp³-hybridized carbons (Fsp3) is 1.00. The summed E-state index contributed by atoms with van der Waals surface area (Å²) in [5.41, 5.74) is 0. The van der Waals surface area contributed by atoms with Gasteiger partial charge >= 0.3 is 0 Å². The normalized spacial score (nSPS) is 41.7. The first-order valence-electron chi connectivity index (χ1n) is 6.92. The Labute approximate surface area is 109 Å². The third-order valence-corrected chi connectivity index (χ3v) is 6.33. The van der Waals surface area contributed by atoms with Gasteiger partial charge in [0, 0.05) is 25.7 Å². The monoisotopic (exact) mass is 274 g/mol. The first-order chi connectivity index (χ1) is 8.55. The molecule has 1 N–H and O–H groups in total. The highest BCUT2D eigenvalue weighted by Gasteiger charge is 2.42. The van der Waals surface area contributed by atoms with Crippen molar-refractivity contribution >= 4 is 9.84 Å². The van der Waals surface area contributed by atoms with Gasteiger partial charge in [-0.3, -0.25) is 9.80 Å². The maximum atomic E-state index is 11.6. The predicted octanol–water partition coefficient (Wildman–Crippen LogP) is -0.686. The minimum Gasteiger partial charge on any atom is -0.390 e. The van der Waals surface area contributed by atoms with Gasteiger partial charge in [0.15, 0.2) is 9.84 Å². The molecule has 0 aromatic heterocycles. The van der Waals surface area contributed by atoms with Crippen LogP contribution in [0.3, 0.4) is 0 Å². The second-order valence-corrected chi connectivity index (χ2v) is 8.05. The molecule has 3 aliphatic heterocycles. The molecule has 3 saturated heterocycles. The number of rotatable bonds is 1. The zero-order chi connectivity index (χ0) is 12.8. The Bertz CT molecular complexity index is 412. The van der Waals surface area contributed by atoms with Crippen LogP contribution in [0.5, 0.6) is 0 Å². The maximum Gasteiger partial charge on any atom is 0.154 e. The first kappa shape index (κ1) is 12.8. The topological polar surface area (TPSA) is 60.9 Å². The van der Waals surface area contributed by atoms with Gasteiger partial charge in [0.05, 0.1) is 23.7 Å². The van der Waals surface area contributed by atoms with Crippen molar-refractivity contribution in [3.05, 3.63) is 0 Å². The summed E-state index contributed by atoms with van der Waals surface area (Å²) in [6, 6.07) is 0.405. The molecule has 6 heteroatoms. The molecule has 0 bridgehead atoms. The Morgan fingerprint density at radius 2 is 1.78 bits per heavy atom. The number of nitrogens with zero attached hydrogens (tertiary/aromatic N) is 2. The number of hydrogen-bond donors (Lipinski definition) is 1. The molecule has 0 saturated carbocycles. The fourth-order valence-corrected chi connectivity index (χ4v) is 5.47. The number of sulfone groups is 1. The molecule has 0 spiro atoms. The van der Waals surface area contributed by atoms with E-state index < -0.39 is 15.9 Å². The van der Waals surface area contributed by atoms with Crippen molar-refractivity contribution in [3.8, 4) is 0 Å². The summed E-state index contributed by atoms with van der Waals surface area (Å²) in [5, 5.41) is 9.94. The molecule has 5 nitrogen and oxygen atoms in total. The summed E-state index contributed by atoms with van der Waals surface area (Å²) in [4.78, 5) is 4.73. The Hall–Kier alpha value is -0.170. The lowest BCUT2D eigenvalue weighted by molar-refractivity contribution is 0.00233. The van der Waals surface area contributed by atoms with Crippen LogP contribution in [0.15, 0.2) is 0 Å². The van der Waals surface area contributed by atoms with Gasteiger partial charge < -0.3 is 5.11 Å². The van der Waals surface area contributed by atoms with Gasteiger partial charge in [0.1, 0.15) is 0 Å². The number of aliphatic hydroxyl groups excluding tert-OH is 1. The van der Waals surface area contributed by atoms with Gasteiger partial charge in [-0.1, -0.05) is 6.42 Å². The number of piperazine rings is 1. The molecule has 104 valence electrons. The molecule has 3 heterocycles. The lowest BCUT2D eigenvalue weighted by atomic mass is 9.98. The number of fused-ring (bicyclic) bond motifs is 1. The van der Waals surface area contributed by atoms with E-state index in [2.05, 4.69) is 9.80 Å². The van der Waals surface area contributed by atoms with Crippen molar-refractivity contribution < 1.29 is 13.5 Å². The van der Waals surface area contributed by atoms with Gasteiger partial charge in [-0.2, -0.15) is 0 Å². The van der Waals surface area contributed by atoms with Crippen molar-refractivity contribution in [1.82, 2.24) is 9.80 Å². The molecule has 0 aliphatic carbocycles. The number of hydrogen-bond acceptors (Lipinski definition) is 5. The predicted molar refractivity (Wildman–Crippen MR) is 69.2 cm³/mol. The van der Waals surface area contributed by atoms with Gasteiger partial charge in [-0.05, 0) is 19.4 Å². The molecular weight excluding hydrogens is 252 g/mol. The third kappa shape index (κ3) is 2.43. The SMILES string of the molecule is O=S1(=O)CC(O)C(N2CCN3CCCCC3C2)C1. The summed E-state index contributed by atoms with van der Waals surface area (Å²) in [5.74, 6) is 0.0867. The van der Waals surface area contributed by atoms with Crippen LogP contribution in [0.1, 0.15) is 19.3 Å². The standard InChI is InChI=1S/C12H22N2O3S/c15-12-9-18(16,17)8-11(12)14-6-5-13-4-2-1-3-10(13)7-14/h10-12,15H,1-9H2. The molecule has 3 unspecified atom stereocenters. The Morgan fingerprint density at radius 1 is 1.00 bits per heavy atom. The highest BCUT2D eigenvalue weighted by molar-refractivity contribution is 7.91. The van der Waals surface area contributed by atoms with Gasteiger partial charge in [-0.15, -0.1) is 0 Å². The van der Waals surface area contributed by atoms with Crippen LogP contribution in [0.2, 0.25) is 0 Å². The minimum atomic E-state index is -3.03. The maximum absolute atomic E-state index is 11.6. The number of piperidine rings is 1. The number of aliphatic hydroxyl groups is 1. The average Bonchev–Trinajstić information content (AvgIpc) is 2.62. The molecule has 18 heavy (non-hydrogen) atoms. The highest BCUT2D eigenvalue weighted by Crippen LogP contribution is 2.25. The van der Waals surface area contributed by atoms with Crippen LogP contribution >= 0.6 is 0 Å². The second-order valence-electron chi connectivity index (χ2n) is 5.89. The third-order valence-electron chi connectivity index (χ3n) is 4.63. The van der Waals surface area contributed by atoms with E-state index in [-0.39, 0.29) is 17.5 Å². The van der Waals surface area contributed by atoms with Crippen molar-refractivity contribution in [2.45, 2.75) is 37.5 Å². The average molecular weight is 274 g/mol. The van der Waals surface area contributed by atoms with Crippen LogP contribution < -0.4 is 0 Å². The molecule has 3 aliphatic rings. The van der Waals surface area contributed by atoms with Crippen LogP contribution in [0.25, 0.3) is 0 Å². The van der Waals surface area contributed by atoms with E-state index in [1.807, 2.05) is 0 Å². The largest absolute Gasteiger partial charge is 0.390 e. The second kappa shape index (κ2) is 4.74. The zero-order valence-electron chi connectivity index (χ0n) is 10.7. The van der Waals surface area contributed by atoms with Crippen LogP contribution in [0.4, 0.5) is 0 Å². The molecule has 0 amide bonds. The fourth-order valence-electron chi connectivity index (χ4n) is 3.64. The first-order valence-corrected chi connectivity index (χ1v) is 8.74. The minimum absolute atomic E-state index is 0.0530. The zero-order valence-corrected chi connectivity index (χ0v) is 11.5. The summed E-state index contributed by atoms with van der Waals surface area (Å²) >= 11 is 0. The lowest BCUT2D eigenvalue weighted by Crippen LogP contribution is -2.59. The summed E-state index contributed by atoms with van der Waals surface area (Å²) in [6.45, 7) is 4.03. The summed E-state index contributed by atoms with van der Waals surface area (Å²) in [6.07, 6.45) is 3.09. The van der Waals surface area contributed by atoms with Gasteiger partial charge in [0.2, 0.25) is 0 Å². The molecule has 0 aromatic carbocycles. The molecule has 0 aromatic rings. The quantitative estimate of drug-likeness (QED) is 0.686. The van der Waals surface area contributed by atoms with E-state index in [0.29, 0.717) is 6.04 Å². The van der Waals surface area contributed by atoms with Crippen molar-refractivity contribution in [2.75, 3.05) is 37.7 Å². The summed E-state index contributed by atoms with van der Waals surface area (Å²) < 4.78 is 23.2. The van der Waals surface area contributed by atoms with Gasteiger partial charge in [0.25, 0.3) is 0 Å². The van der Waals surface area contributed by atoms with Gasteiger partial charge in [-0.25, -0.2) is 8.42 Å². The van der Waals surface area contributed by atoms with Crippen molar-refractivity contribution in [3.63, 3.8) is 0 Å². The molecule has 3 rings (SSSR count). The molecular formula is C12H22N2O3S. The van der Waals surface area contributed by atoms with E-state index in [1.165, 1.54) is 25.8 Å². The van der Waals surface area contributed by atoms with E-state index in [9.17, 15) is 13.5 Å². The van der Waals surface area contributed by atoms with Crippen LogP contribution in [-0.4, -0.2) is 79.2 Å². The lowest BCUT2D eigenvalue weighted by Gasteiger charge is -2.46. The van der Waals surface area contributed by atoms with E-state index >= 15 is 0 Å². The molecule has 0 radical (unpaired) electrons. The highest BCUT2D eigenvalue weighted by atomic mass is 32.2. The smallest absolute Gasteiger partial charge is 0.154 e.